The van der Waals surface area contributed by atoms with E-state index in [-0.39, 0.29) is 18.0 Å². The first kappa shape index (κ1) is 16.7. The van der Waals surface area contributed by atoms with Crippen LogP contribution in [-0.2, 0) is 4.79 Å². The van der Waals surface area contributed by atoms with E-state index in [2.05, 4.69) is 15.6 Å². The van der Waals surface area contributed by atoms with Crippen molar-refractivity contribution < 1.29 is 9.59 Å². The van der Waals surface area contributed by atoms with Crippen molar-refractivity contribution in [3.05, 3.63) is 16.6 Å². The Morgan fingerprint density at radius 2 is 2.18 bits per heavy atom. The van der Waals surface area contributed by atoms with Crippen LogP contribution < -0.4 is 10.6 Å². The summed E-state index contributed by atoms with van der Waals surface area (Å²) in [5.74, 6) is 0.461. The van der Waals surface area contributed by atoms with Crippen LogP contribution in [0.15, 0.2) is 11.6 Å². The fourth-order valence-electron chi connectivity index (χ4n) is 2.69. The second-order valence-corrected chi connectivity index (χ2v) is 6.51. The molecule has 2 N–H and O–H groups in total. The van der Waals surface area contributed by atoms with Crippen molar-refractivity contribution >= 4 is 23.3 Å². The van der Waals surface area contributed by atoms with Gasteiger partial charge in [0.2, 0.25) is 5.91 Å². The molecule has 0 bridgehead atoms. The molecule has 1 aromatic heterocycles. The molecule has 7 heteroatoms. The number of rotatable bonds is 5. The van der Waals surface area contributed by atoms with Crippen LogP contribution in [0.2, 0.25) is 0 Å². The van der Waals surface area contributed by atoms with Crippen molar-refractivity contribution in [2.24, 2.45) is 5.92 Å². The number of amides is 3. The summed E-state index contributed by atoms with van der Waals surface area (Å²) in [6, 6.07) is -0.0449. The molecule has 1 fully saturated rings. The molecule has 2 rings (SSSR count). The molecule has 2 heterocycles. The minimum atomic E-state index is -0.0274. The molecular weight excluding hydrogens is 300 g/mol. The van der Waals surface area contributed by atoms with E-state index >= 15 is 0 Å². The number of carbonyl (C=O) groups is 2. The summed E-state index contributed by atoms with van der Waals surface area (Å²) in [5.41, 5.74) is 0. The van der Waals surface area contributed by atoms with E-state index in [1.165, 1.54) is 0 Å². The van der Waals surface area contributed by atoms with Gasteiger partial charge in [-0.25, -0.2) is 9.78 Å². The summed E-state index contributed by atoms with van der Waals surface area (Å²) >= 11 is 1.57. The van der Waals surface area contributed by atoms with Gasteiger partial charge in [-0.2, -0.15) is 0 Å². The number of nitrogens with zero attached hydrogens (tertiary/aromatic N) is 2. The molecule has 1 unspecified atom stereocenters. The lowest BCUT2D eigenvalue weighted by atomic mass is 9.93. The molecule has 1 aliphatic rings. The maximum atomic E-state index is 12.4. The predicted molar refractivity (Wildman–Crippen MR) is 86.7 cm³/mol. The lowest BCUT2D eigenvalue weighted by Crippen LogP contribution is -2.45. The normalized spacial score (nSPS) is 17.1. The van der Waals surface area contributed by atoms with Gasteiger partial charge in [-0.15, -0.1) is 11.3 Å². The Bertz CT molecular complexity index is 484. The van der Waals surface area contributed by atoms with E-state index in [0.717, 1.165) is 24.3 Å². The highest BCUT2D eigenvalue weighted by Gasteiger charge is 2.25. The van der Waals surface area contributed by atoms with Crippen LogP contribution in [0.25, 0.3) is 0 Å². The summed E-state index contributed by atoms with van der Waals surface area (Å²) in [4.78, 5) is 29.9. The Hall–Kier alpha value is -1.63. The Morgan fingerprint density at radius 1 is 1.45 bits per heavy atom. The molecular formula is C15H24N4O2S. The third-order valence-corrected chi connectivity index (χ3v) is 5.00. The van der Waals surface area contributed by atoms with Crippen molar-refractivity contribution in [3.8, 4) is 0 Å². The van der Waals surface area contributed by atoms with Gasteiger partial charge in [0.1, 0.15) is 5.01 Å². The first-order valence-electron chi connectivity index (χ1n) is 7.79. The number of piperidine rings is 1. The minimum absolute atomic E-state index is 0.0175. The van der Waals surface area contributed by atoms with E-state index in [0.29, 0.717) is 25.4 Å². The van der Waals surface area contributed by atoms with Crippen molar-refractivity contribution in [3.63, 3.8) is 0 Å². The van der Waals surface area contributed by atoms with Crippen LogP contribution >= 0.6 is 11.3 Å². The van der Waals surface area contributed by atoms with Crippen LogP contribution in [0.4, 0.5) is 4.79 Å². The predicted octanol–water partition coefficient (Wildman–Crippen LogP) is 2.15. The zero-order valence-corrected chi connectivity index (χ0v) is 14.0. The van der Waals surface area contributed by atoms with E-state index in [1.54, 1.807) is 24.6 Å². The second kappa shape index (κ2) is 8.12. The van der Waals surface area contributed by atoms with Crippen molar-refractivity contribution in [1.29, 1.82) is 0 Å². The number of nitrogens with one attached hydrogen (secondary N) is 2. The van der Waals surface area contributed by atoms with Gasteiger partial charge in [0.25, 0.3) is 0 Å². The highest BCUT2D eigenvalue weighted by atomic mass is 32.1. The molecule has 1 atom stereocenters. The number of urea groups is 1. The maximum absolute atomic E-state index is 12.4. The Labute approximate surface area is 135 Å². The van der Waals surface area contributed by atoms with Crippen molar-refractivity contribution in [2.45, 2.75) is 38.6 Å². The quantitative estimate of drug-likeness (QED) is 0.871. The third kappa shape index (κ3) is 4.43. The van der Waals surface area contributed by atoms with Crippen LogP contribution in [0, 0.1) is 5.92 Å². The highest BCUT2D eigenvalue weighted by molar-refractivity contribution is 7.09. The molecule has 0 radical (unpaired) electrons. The lowest BCUT2D eigenvalue weighted by Gasteiger charge is -2.32. The van der Waals surface area contributed by atoms with Crippen LogP contribution in [0.1, 0.15) is 43.7 Å². The van der Waals surface area contributed by atoms with Crippen molar-refractivity contribution in [1.82, 2.24) is 20.5 Å². The van der Waals surface area contributed by atoms with Gasteiger partial charge in [-0.3, -0.25) is 4.79 Å². The summed E-state index contributed by atoms with van der Waals surface area (Å²) in [7, 11) is 1.66. The summed E-state index contributed by atoms with van der Waals surface area (Å²) in [6.07, 6.45) is 4.91. The van der Waals surface area contributed by atoms with Crippen molar-refractivity contribution in [2.75, 3.05) is 20.1 Å². The molecule has 3 amide bonds. The first-order valence-corrected chi connectivity index (χ1v) is 8.67. The highest BCUT2D eigenvalue weighted by Crippen LogP contribution is 2.22. The minimum Gasteiger partial charge on any atom is -0.359 e. The lowest BCUT2D eigenvalue weighted by molar-refractivity contribution is -0.121. The topological polar surface area (TPSA) is 74.3 Å². The van der Waals surface area contributed by atoms with Gasteiger partial charge in [-0.05, 0) is 25.2 Å². The number of likely N-dealkylation sites (tertiary alicyclic amines) is 1. The second-order valence-electron chi connectivity index (χ2n) is 5.59. The average molecular weight is 324 g/mol. The van der Waals surface area contributed by atoms with Crippen LogP contribution in [0.5, 0.6) is 0 Å². The average Bonchev–Trinajstić information content (AvgIpc) is 3.07. The Kier molecular flexibility index (Phi) is 6.18. The molecule has 1 aromatic rings. The van der Waals surface area contributed by atoms with E-state index in [1.807, 2.05) is 17.2 Å². The zero-order valence-electron chi connectivity index (χ0n) is 13.2. The fourth-order valence-corrected chi connectivity index (χ4v) is 3.46. The van der Waals surface area contributed by atoms with Gasteiger partial charge in [0.05, 0.1) is 6.04 Å². The smallest absolute Gasteiger partial charge is 0.317 e. The standard InChI is InChI=1S/C15H24N4O2S/c1-3-12(14-17-6-9-22-14)18-15(21)19-7-4-11(5-8-19)10-13(20)16-2/h6,9,11-12H,3-5,7-8,10H2,1-2H3,(H,16,20)(H,18,21). The molecule has 6 nitrogen and oxygen atoms in total. The monoisotopic (exact) mass is 324 g/mol. The van der Waals surface area contributed by atoms with Gasteiger partial charge < -0.3 is 15.5 Å². The van der Waals surface area contributed by atoms with Crippen LogP contribution in [-0.4, -0.2) is 42.0 Å². The number of hydrogen-bond acceptors (Lipinski definition) is 4. The zero-order chi connectivity index (χ0) is 15.9. The van der Waals surface area contributed by atoms with E-state index in [9.17, 15) is 9.59 Å². The van der Waals surface area contributed by atoms with Gasteiger partial charge in [-0.1, -0.05) is 6.92 Å². The molecule has 1 saturated heterocycles. The summed E-state index contributed by atoms with van der Waals surface area (Å²) < 4.78 is 0. The summed E-state index contributed by atoms with van der Waals surface area (Å²) in [5, 5.41) is 8.59. The van der Waals surface area contributed by atoms with E-state index in [4.69, 9.17) is 0 Å². The molecule has 0 aliphatic carbocycles. The number of hydrogen-bond donors (Lipinski definition) is 2. The van der Waals surface area contributed by atoms with Crippen LogP contribution in [0.3, 0.4) is 0 Å². The number of thiazole rings is 1. The van der Waals surface area contributed by atoms with Gasteiger partial charge in [0, 0.05) is 38.1 Å². The van der Waals surface area contributed by atoms with Gasteiger partial charge >= 0.3 is 6.03 Å². The molecule has 0 aromatic carbocycles. The molecule has 0 spiro atoms. The van der Waals surface area contributed by atoms with E-state index < -0.39 is 0 Å². The number of carbonyl (C=O) groups excluding carboxylic acids is 2. The summed E-state index contributed by atoms with van der Waals surface area (Å²) in [6.45, 7) is 3.46. The maximum Gasteiger partial charge on any atom is 0.317 e. The fraction of sp³-hybridized carbons (Fsp3) is 0.667. The largest absolute Gasteiger partial charge is 0.359 e. The molecule has 1 aliphatic heterocycles. The Morgan fingerprint density at radius 3 is 2.73 bits per heavy atom. The molecule has 0 saturated carbocycles. The number of aromatic nitrogens is 1. The molecule has 122 valence electrons. The SMILES string of the molecule is CCC(NC(=O)N1CCC(CC(=O)NC)CC1)c1nccs1. The third-order valence-electron chi connectivity index (χ3n) is 4.11. The van der Waals surface area contributed by atoms with Gasteiger partial charge in [0.15, 0.2) is 0 Å². The Balaban J connectivity index is 1.81. The first-order chi connectivity index (χ1) is 10.6. The molecule has 22 heavy (non-hydrogen) atoms.